The number of benzene rings is 1. The van der Waals surface area contributed by atoms with Gasteiger partial charge >= 0.3 is 0 Å². The number of amides is 1. The topological polar surface area (TPSA) is 138 Å². The molecule has 170 valence electrons. The molecule has 0 aliphatic heterocycles. The summed E-state index contributed by atoms with van der Waals surface area (Å²) < 4.78 is 27.2. The lowest BCUT2D eigenvalue weighted by atomic mass is 10.2. The Morgan fingerprint density at radius 3 is 2.48 bits per heavy atom. The number of nitrogens with zero attached hydrogens (tertiary/aromatic N) is 4. The number of hydrogen-bond donors (Lipinski definition) is 2. The summed E-state index contributed by atoms with van der Waals surface area (Å²) in [6.45, 7) is 3.77. The Hall–Kier alpha value is -3.49. The first-order valence-electron chi connectivity index (χ1n) is 10.1. The van der Waals surface area contributed by atoms with Gasteiger partial charge in [-0.1, -0.05) is 25.1 Å². The molecule has 0 spiro atoms. The van der Waals surface area contributed by atoms with Gasteiger partial charge in [-0.25, -0.2) is 28.1 Å². The predicted molar refractivity (Wildman–Crippen MR) is 126 cm³/mol. The molecule has 2 heterocycles. The fraction of sp³-hybridized carbons (Fsp3) is 0.227. The van der Waals surface area contributed by atoms with Gasteiger partial charge in [0.2, 0.25) is 11.9 Å². The second-order valence-corrected chi connectivity index (χ2v) is 9.98. The summed E-state index contributed by atoms with van der Waals surface area (Å²) in [5.41, 5.74) is 1.73. The van der Waals surface area contributed by atoms with Crippen LogP contribution in [0.3, 0.4) is 0 Å². The molecular weight excluding hydrogens is 460 g/mol. The molecule has 0 aliphatic rings. The molecular formula is C22H22N6O3S2. The summed E-state index contributed by atoms with van der Waals surface area (Å²) in [4.78, 5) is 24.9. The van der Waals surface area contributed by atoms with E-state index in [0.717, 1.165) is 18.5 Å². The number of rotatable bonds is 9. The number of sulfonamides is 1. The summed E-state index contributed by atoms with van der Waals surface area (Å²) in [6.07, 6.45) is 4.58. The van der Waals surface area contributed by atoms with Crippen molar-refractivity contribution in [2.75, 3.05) is 10.0 Å². The highest BCUT2D eigenvalue weighted by molar-refractivity contribution is 8.00. The number of carbonyl (C=O) groups is 1. The van der Waals surface area contributed by atoms with Crippen LogP contribution >= 0.6 is 11.8 Å². The summed E-state index contributed by atoms with van der Waals surface area (Å²) in [5, 5.41) is 12.1. The van der Waals surface area contributed by atoms with E-state index in [1.165, 1.54) is 48.4 Å². The Kier molecular flexibility index (Phi) is 7.97. The maximum atomic E-state index is 12.7. The normalized spacial score (nSPS) is 11.9. The zero-order valence-electron chi connectivity index (χ0n) is 18.0. The number of aryl methyl sites for hydroxylation is 1. The maximum Gasteiger partial charge on any atom is 0.264 e. The van der Waals surface area contributed by atoms with E-state index in [1.54, 1.807) is 19.1 Å². The van der Waals surface area contributed by atoms with Crippen molar-refractivity contribution < 1.29 is 13.2 Å². The van der Waals surface area contributed by atoms with Crippen LogP contribution in [0.25, 0.3) is 0 Å². The van der Waals surface area contributed by atoms with Crippen LogP contribution in [0.4, 0.5) is 11.6 Å². The molecule has 1 aromatic carbocycles. The zero-order chi connectivity index (χ0) is 23.8. The van der Waals surface area contributed by atoms with Crippen LogP contribution in [-0.2, 0) is 21.2 Å². The van der Waals surface area contributed by atoms with Crippen molar-refractivity contribution in [2.24, 2.45) is 0 Å². The van der Waals surface area contributed by atoms with Crippen LogP contribution in [0, 0.1) is 11.3 Å². The fourth-order valence-corrected chi connectivity index (χ4v) is 4.63. The predicted octanol–water partition coefficient (Wildman–Crippen LogP) is 3.62. The molecule has 0 fully saturated rings. The summed E-state index contributed by atoms with van der Waals surface area (Å²) in [7, 11) is -3.86. The number of nitrogens with one attached hydrogen (secondary N) is 2. The van der Waals surface area contributed by atoms with E-state index >= 15 is 0 Å². The maximum absolute atomic E-state index is 12.7. The summed E-state index contributed by atoms with van der Waals surface area (Å²) in [5.74, 6) is -0.327. The number of hydrogen-bond acceptors (Lipinski definition) is 8. The van der Waals surface area contributed by atoms with Crippen molar-refractivity contribution in [3.8, 4) is 6.07 Å². The van der Waals surface area contributed by atoms with E-state index in [4.69, 9.17) is 0 Å². The van der Waals surface area contributed by atoms with Crippen molar-refractivity contribution in [3.05, 3.63) is 66.1 Å². The molecule has 1 amide bonds. The first-order chi connectivity index (χ1) is 15.8. The van der Waals surface area contributed by atoms with E-state index in [1.807, 2.05) is 13.0 Å². The van der Waals surface area contributed by atoms with Gasteiger partial charge in [0.05, 0.1) is 15.7 Å². The van der Waals surface area contributed by atoms with Crippen molar-refractivity contribution in [2.45, 2.75) is 41.9 Å². The van der Waals surface area contributed by atoms with Crippen LogP contribution in [0.1, 0.15) is 31.5 Å². The minimum absolute atomic E-state index is 0.00553. The standard InChI is InChI=1S/C22H22N6O3S2/c1-3-5-17-7-6-16(14-23)21(27-17)32-15(2)20(29)26-18-8-10-19(11-9-18)33(30,31)28-22-24-12-4-13-25-22/h4,6-13,15H,3,5H2,1-2H3,(H,26,29)(H,24,25,28). The molecule has 0 saturated carbocycles. The largest absolute Gasteiger partial charge is 0.325 e. The molecule has 2 aromatic heterocycles. The van der Waals surface area contributed by atoms with Crippen LogP contribution in [0.2, 0.25) is 0 Å². The van der Waals surface area contributed by atoms with E-state index in [-0.39, 0.29) is 16.8 Å². The van der Waals surface area contributed by atoms with Crippen molar-refractivity contribution >= 4 is 39.3 Å². The van der Waals surface area contributed by atoms with Gasteiger partial charge in [0.15, 0.2) is 0 Å². The molecule has 3 rings (SSSR count). The fourth-order valence-electron chi connectivity index (χ4n) is 2.76. The number of aromatic nitrogens is 3. The molecule has 0 aliphatic carbocycles. The molecule has 3 aromatic rings. The lowest BCUT2D eigenvalue weighted by molar-refractivity contribution is -0.115. The van der Waals surface area contributed by atoms with Crippen molar-refractivity contribution in [3.63, 3.8) is 0 Å². The Morgan fingerprint density at radius 2 is 1.85 bits per heavy atom. The third-order valence-electron chi connectivity index (χ3n) is 4.43. The zero-order valence-corrected chi connectivity index (χ0v) is 19.7. The first kappa shape index (κ1) is 24.2. The van der Waals surface area contributed by atoms with Gasteiger partial charge in [-0.15, -0.1) is 0 Å². The third-order valence-corrected chi connectivity index (χ3v) is 6.87. The van der Waals surface area contributed by atoms with Crippen LogP contribution in [-0.4, -0.2) is 34.5 Å². The second kappa shape index (κ2) is 10.9. The highest BCUT2D eigenvalue weighted by atomic mass is 32.2. The molecule has 33 heavy (non-hydrogen) atoms. The minimum Gasteiger partial charge on any atom is -0.325 e. The van der Waals surface area contributed by atoms with Gasteiger partial charge in [-0.3, -0.25) is 4.79 Å². The van der Waals surface area contributed by atoms with E-state index in [9.17, 15) is 18.5 Å². The molecule has 0 saturated heterocycles. The Morgan fingerprint density at radius 1 is 1.15 bits per heavy atom. The highest BCUT2D eigenvalue weighted by Gasteiger charge is 2.19. The van der Waals surface area contributed by atoms with Gasteiger partial charge in [0, 0.05) is 23.8 Å². The van der Waals surface area contributed by atoms with Gasteiger partial charge in [0.25, 0.3) is 10.0 Å². The number of nitriles is 1. The summed E-state index contributed by atoms with van der Waals surface area (Å²) >= 11 is 1.21. The minimum atomic E-state index is -3.86. The molecule has 1 unspecified atom stereocenters. The van der Waals surface area contributed by atoms with Crippen LogP contribution < -0.4 is 10.0 Å². The smallest absolute Gasteiger partial charge is 0.264 e. The monoisotopic (exact) mass is 482 g/mol. The van der Waals surface area contributed by atoms with E-state index in [2.05, 4.69) is 31.1 Å². The number of carbonyl (C=O) groups excluding carboxylic acids is 1. The average molecular weight is 483 g/mol. The lowest BCUT2D eigenvalue weighted by Gasteiger charge is -2.13. The van der Waals surface area contributed by atoms with Crippen molar-refractivity contribution in [1.29, 1.82) is 5.26 Å². The quantitative estimate of drug-likeness (QED) is 0.441. The van der Waals surface area contributed by atoms with Gasteiger partial charge in [-0.2, -0.15) is 5.26 Å². The van der Waals surface area contributed by atoms with Crippen molar-refractivity contribution in [1.82, 2.24) is 15.0 Å². The van der Waals surface area contributed by atoms with Crippen LogP contribution in [0.5, 0.6) is 0 Å². The van der Waals surface area contributed by atoms with E-state index in [0.29, 0.717) is 16.3 Å². The first-order valence-corrected chi connectivity index (χ1v) is 12.5. The molecule has 2 N–H and O–H groups in total. The number of pyridine rings is 1. The lowest BCUT2D eigenvalue weighted by Crippen LogP contribution is -2.22. The Labute approximate surface area is 196 Å². The molecule has 11 heteroatoms. The second-order valence-electron chi connectivity index (χ2n) is 6.97. The Bertz CT molecular complexity index is 1260. The number of anilines is 2. The molecule has 0 radical (unpaired) electrons. The number of thioether (sulfide) groups is 1. The van der Waals surface area contributed by atoms with Gasteiger partial charge in [-0.05, 0) is 55.8 Å². The molecule has 1 atom stereocenters. The summed E-state index contributed by atoms with van der Waals surface area (Å²) in [6, 6.07) is 13.0. The highest BCUT2D eigenvalue weighted by Crippen LogP contribution is 2.26. The Balaban J connectivity index is 1.66. The third kappa shape index (κ3) is 6.50. The van der Waals surface area contributed by atoms with Gasteiger partial charge < -0.3 is 5.32 Å². The van der Waals surface area contributed by atoms with E-state index < -0.39 is 15.3 Å². The SMILES string of the molecule is CCCc1ccc(C#N)c(SC(C)C(=O)Nc2ccc(S(=O)(=O)Nc3ncccn3)cc2)n1. The molecule has 0 bridgehead atoms. The molecule has 9 nitrogen and oxygen atoms in total. The van der Waals surface area contributed by atoms with Crippen LogP contribution in [0.15, 0.2) is 64.8 Å². The van der Waals surface area contributed by atoms with Gasteiger partial charge in [0.1, 0.15) is 11.1 Å². The average Bonchev–Trinajstić information content (AvgIpc) is 2.80.